The lowest BCUT2D eigenvalue weighted by Crippen LogP contribution is -2.05. The van der Waals surface area contributed by atoms with Gasteiger partial charge in [-0.05, 0) is 12.8 Å². The minimum absolute atomic E-state index is 0.547. The van der Waals surface area contributed by atoms with Crippen molar-refractivity contribution in [3.05, 3.63) is 0 Å². The van der Waals surface area contributed by atoms with Gasteiger partial charge in [0.2, 0.25) is 0 Å². The Kier molecular flexibility index (Phi) is 22.2. The molecule has 1 atom stereocenters. The highest BCUT2D eigenvalue weighted by atomic mass is 32.2. The van der Waals surface area contributed by atoms with E-state index in [1.165, 1.54) is 89.9 Å². The van der Waals surface area contributed by atoms with Crippen molar-refractivity contribution in [2.75, 3.05) is 13.2 Å². The molecule has 0 radical (unpaired) electrons. The van der Waals surface area contributed by atoms with Gasteiger partial charge in [0.25, 0.3) is 0 Å². The van der Waals surface area contributed by atoms with Crippen LogP contribution < -0.4 is 0 Å². The summed E-state index contributed by atoms with van der Waals surface area (Å²) in [6.45, 7) is 5.55. The average molecular weight is 377 g/mol. The van der Waals surface area contributed by atoms with Gasteiger partial charge in [-0.15, -0.1) is 0 Å². The van der Waals surface area contributed by atoms with Crippen LogP contribution in [0.5, 0.6) is 0 Å². The number of hydrogen-bond acceptors (Lipinski definition) is 3. The van der Waals surface area contributed by atoms with E-state index in [2.05, 4.69) is 13.8 Å². The third-order valence-corrected chi connectivity index (χ3v) is 5.32. The molecule has 0 aromatic carbocycles. The SMILES string of the molecule is CCCCCCCCCCCCCCCOS(=O)OCCCCCC. The average Bonchev–Trinajstić information content (AvgIpc) is 2.62. The molecule has 0 aliphatic rings. The molecule has 0 heterocycles. The van der Waals surface area contributed by atoms with Gasteiger partial charge in [-0.2, -0.15) is 4.21 Å². The number of unbranched alkanes of at least 4 members (excludes halogenated alkanes) is 15. The lowest BCUT2D eigenvalue weighted by Gasteiger charge is -2.05. The van der Waals surface area contributed by atoms with Crippen molar-refractivity contribution in [1.82, 2.24) is 0 Å². The second-order valence-corrected chi connectivity index (χ2v) is 8.03. The monoisotopic (exact) mass is 376 g/mol. The van der Waals surface area contributed by atoms with Crippen LogP contribution >= 0.6 is 0 Å². The van der Waals surface area contributed by atoms with E-state index in [0.29, 0.717) is 13.2 Å². The molecule has 152 valence electrons. The molecule has 1 unspecified atom stereocenters. The van der Waals surface area contributed by atoms with Crippen LogP contribution in [-0.4, -0.2) is 17.4 Å². The molecule has 0 saturated heterocycles. The van der Waals surface area contributed by atoms with Gasteiger partial charge >= 0.3 is 11.4 Å². The van der Waals surface area contributed by atoms with Crippen molar-refractivity contribution in [1.29, 1.82) is 0 Å². The van der Waals surface area contributed by atoms with Gasteiger partial charge in [-0.1, -0.05) is 110 Å². The zero-order valence-corrected chi connectivity index (χ0v) is 17.9. The first kappa shape index (κ1) is 25.1. The van der Waals surface area contributed by atoms with Crippen molar-refractivity contribution < 1.29 is 12.6 Å². The molecule has 0 bridgehead atoms. The first-order valence-electron chi connectivity index (χ1n) is 11.0. The Morgan fingerprint density at radius 1 is 0.480 bits per heavy atom. The first-order valence-corrected chi connectivity index (χ1v) is 12.0. The summed E-state index contributed by atoms with van der Waals surface area (Å²) in [6, 6.07) is 0. The summed E-state index contributed by atoms with van der Waals surface area (Å²) < 4.78 is 21.8. The summed E-state index contributed by atoms with van der Waals surface area (Å²) in [5.74, 6) is 0. The molecule has 0 spiro atoms. The third-order valence-electron chi connectivity index (χ3n) is 4.60. The van der Waals surface area contributed by atoms with Crippen LogP contribution in [0.25, 0.3) is 0 Å². The van der Waals surface area contributed by atoms with E-state index in [1.54, 1.807) is 0 Å². The smallest absolute Gasteiger partial charge is 0.268 e. The Morgan fingerprint density at radius 2 is 0.760 bits per heavy atom. The Labute approximate surface area is 160 Å². The standard InChI is InChI=1S/C21H44O3S/c1-3-5-7-9-10-11-12-13-14-15-16-17-19-21-24-25(22)23-20-18-8-6-4-2/h3-21H2,1-2H3. The van der Waals surface area contributed by atoms with Gasteiger partial charge in [0.1, 0.15) is 0 Å². The van der Waals surface area contributed by atoms with Crippen LogP contribution in [0.15, 0.2) is 0 Å². The van der Waals surface area contributed by atoms with E-state index in [-0.39, 0.29) is 0 Å². The fourth-order valence-corrected chi connectivity index (χ4v) is 3.51. The predicted molar refractivity (Wildman–Crippen MR) is 110 cm³/mol. The lowest BCUT2D eigenvalue weighted by atomic mass is 10.0. The van der Waals surface area contributed by atoms with Crippen LogP contribution in [0, 0.1) is 0 Å². The summed E-state index contributed by atoms with van der Waals surface area (Å²) in [5.41, 5.74) is 0. The van der Waals surface area contributed by atoms with Crippen LogP contribution in [0.1, 0.15) is 123 Å². The molecule has 25 heavy (non-hydrogen) atoms. The van der Waals surface area contributed by atoms with E-state index in [9.17, 15) is 4.21 Å². The summed E-state index contributed by atoms with van der Waals surface area (Å²) in [4.78, 5) is 0. The third kappa shape index (κ3) is 22.0. The van der Waals surface area contributed by atoms with Gasteiger partial charge in [0, 0.05) is 0 Å². The van der Waals surface area contributed by atoms with Crippen molar-refractivity contribution >= 4 is 11.4 Å². The largest absolute Gasteiger partial charge is 0.304 e. The number of hydrogen-bond donors (Lipinski definition) is 0. The predicted octanol–water partition coefficient (Wildman–Crippen LogP) is 7.27. The van der Waals surface area contributed by atoms with E-state index in [0.717, 1.165) is 19.3 Å². The van der Waals surface area contributed by atoms with Gasteiger partial charge in [-0.3, -0.25) is 8.37 Å². The van der Waals surface area contributed by atoms with Crippen LogP contribution in [0.2, 0.25) is 0 Å². The Balaban J connectivity index is 3.09. The van der Waals surface area contributed by atoms with Crippen molar-refractivity contribution in [2.45, 2.75) is 123 Å². The molecule has 0 aliphatic carbocycles. The summed E-state index contributed by atoms with van der Waals surface area (Å²) >= 11 is -1.54. The number of rotatable bonds is 21. The molecule has 0 N–H and O–H groups in total. The van der Waals surface area contributed by atoms with Gasteiger partial charge in [0.05, 0.1) is 13.2 Å². The second kappa shape index (κ2) is 22.1. The summed E-state index contributed by atoms with van der Waals surface area (Å²) in [6.07, 6.45) is 21.9. The highest BCUT2D eigenvalue weighted by Gasteiger charge is 2.01. The molecule has 3 nitrogen and oxygen atoms in total. The Morgan fingerprint density at radius 3 is 1.12 bits per heavy atom. The molecule has 0 fully saturated rings. The quantitative estimate of drug-likeness (QED) is 0.198. The zero-order chi connectivity index (χ0) is 18.4. The molecule has 0 aromatic heterocycles. The fourth-order valence-electron chi connectivity index (χ4n) is 2.94. The van der Waals surface area contributed by atoms with Gasteiger partial charge < -0.3 is 0 Å². The van der Waals surface area contributed by atoms with E-state index < -0.39 is 11.4 Å². The van der Waals surface area contributed by atoms with E-state index >= 15 is 0 Å². The minimum Gasteiger partial charge on any atom is -0.268 e. The lowest BCUT2D eigenvalue weighted by molar-refractivity contribution is 0.241. The molecule has 0 amide bonds. The maximum atomic E-state index is 11.5. The van der Waals surface area contributed by atoms with Crippen LogP contribution in [-0.2, 0) is 19.7 Å². The molecular weight excluding hydrogens is 332 g/mol. The highest BCUT2D eigenvalue weighted by Crippen LogP contribution is 2.12. The fraction of sp³-hybridized carbons (Fsp3) is 1.00. The summed E-state index contributed by atoms with van der Waals surface area (Å²) in [7, 11) is 0. The maximum Gasteiger partial charge on any atom is 0.304 e. The molecule has 0 rings (SSSR count). The van der Waals surface area contributed by atoms with Crippen molar-refractivity contribution in [3.63, 3.8) is 0 Å². The highest BCUT2D eigenvalue weighted by molar-refractivity contribution is 7.75. The molecular formula is C21H44O3S. The topological polar surface area (TPSA) is 35.5 Å². The van der Waals surface area contributed by atoms with E-state index in [1.807, 2.05) is 0 Å². The molecule has 0 aromatic rings. The molecule has 0 aliphatic heterocycles. The maximum absolute atomic E-state index is 11.5. The van der Waals surface area contributed by atoms with Crippen molar-refractivity contribution in [3.8, 4) is 0 Å². The Bertz CT molecular complexity index is 272. The van der Waals surface area contributed by atoms with Gasteiger partial charge in [0.15, 0.2) is 0 Å². The minimum atomic E-state index is -1.54. The summed E-state index contributed by atoms with van der Waals surface area (Å²) in [5, 5.41) is 0. The molecule has 0 saturated carbocycles. The van der Waals surface area contributed by atoms with Crippen LogP contribution in [0.3, 0.4) is 0 Å². The first-order chi connectivity index (χ1) is 12.3. The van der Waals surface area contributed by atoms with E-state index in [4.69, 9.17) is 8.37 Å². The second-order valence-electron chi connectivity index (χ2n) is 7.15. The normalized spacial score (nSPS) is 12.6. The van der Waals surface area contributed by atoms with Crippen molar-refractivity contribution in [2.24, 2.45) is 0 Å². The van der Waals surface area contributed by atoms with Gasteiger partial charge in [-0.25, -0.2) is 0 Å². The van der Waals surface area contributed by atoms with Crippen LogP contribution in [0.4, 0.5) is 0 Å². The zero-order valence-electron chi connectivity index (χ0n) is 17.1. The molecule has 4 heteroatoms. The Hall–Kier alpha value is 0.0700.